The van der Waals surface area contributed by atoms with Crippen molar-refractivity contribution in [3.63, 3.8) is 0 Å². The van der Waals surface area contributed by atoms with Crippen LogP contribution < -0.4 is 10.0 Å². The Morgan fingerprint density at radius 3 is 2.58 bits per heavy atom. The Kier molecular flexibility index (Phi) is 5.62. The highest BCUT2D eigenvalue weighted by Gasteiger charge is 2.16. The SMILES string of the molecule is Cc1cc(C)c2onc(CC(=O)Nc3ccc(S(=O)(=O)NCc4ccco4)cc3)c2c1. The molecule has 2 heterocycles. The van der Waals surface area contributed by atoms with Gasteiger partial charge in [0.1, 0.15) is 11.5 Å². The number of aryl methyl sites for hydroxylation is 2. The summed E-state index contributed by atoms with van der Waals surface area (Å²) >= 11 is 0. The molecule has 2 aromatic heterocycles. The molecule has 31 heavy (non-hydrogen) atoms. The lowest BCUT2D eigenvalue weighted by atomic mass is 10.1. The van der Waals surface area contributed by atoms with Gasteiger partial charge in [-0.1, -0.05) is 11.2 Å². The van der Waals surface area contributed by atoms with Crippen LogP contribution in [0.2, 0.25) is 0 Å². The third-order valence-electron chi connectivity index (χ3n) is 4.77. The largest absolute Gasteiger partial charge is 0.468 e. The summed E-state index contributed by atoms with van der Waals surface area (Å²) in [6.45, 7) is 3.96. The molecule has 1 amide bonds. The number of hydrogen-bond acceptors (Lipinski definition) is 6. The van der Waals surface area contributed by atoms with E-state index >= 15 is 0 Å². The molecule has 0 radical (unpaired) electrons. The van der Waals surface area contributed by atoms with Gasteiger partial charge in [-0.2, -0.15) is 0 Å². The van der Waals surface area contributed by atoms with Gasteiger partial charge in [-0.25, -0.2) is 13.1 Å². The molecule has 0 saturated carbocycles. The highest BCUT2D eigenvalue weighted by Crippen LogP contribution is 2.24. The molecule has 0 saturated heterocycles. The van der Waals surface area contributed by atoms with Gasteiger partial charge in [0.05, 0.1) is 24.1 Å². The number of benzene rings is 2. The van der Waals surface area contributed by atoms with Crippen molar-refractivity contribution in [3.8, 4) is 0 Å². The third kappa shape index (κ3) is 4.68. The molecule has 0 fully saturated rings. The fourth-order valence-corrected chi connectivity index (χ4v) is 4.30. The Balaban J connectivity index is 1.41. The number of hydrogen-bond donors (Lipinski definition) is 2. The van der Waals surface area contributed by atoms with E-state index in [0.29, 0.717) is 22.7 Å². The van der Waals surface area contributed by atoms with Gasteiger partial charge in [-0.3, -0.25) is 4.79 Å². The van der Waals surface area contributed by atoms with Crippen LogP contribution in [0.5, 0.6) is 0 Å². The Hall–Kier alpha value is -3.43. The van der Waals surface area contributed by atoms with E-state index < -0.39 is 10.0 Å². The van der Waals surface area contributed by atoms with Crippen LogP contribution in [0.1, 0.15) is 22.6 Å². The van der Waals surface area contributed by atoms with E-state index in [1.807, 2.05) is 26.0 Å². The van der Waals surface area contributed by atoms with Crippen molar-refractivity contribution in [2.75, 3.05) is 5.32 Å². The highest BCUT2D eigenvalue weighted by molar-refractivity contribution is 7.89. The van der Waals surface area contributed by atoms with Crippen molar-refractivity contribution in [3.05, 3.63) is 77.4 Å². The summed E-state index contributed by atoms with van der Waals surface area (Å²) in [4.78, 5) is 12.6. The molecule has 0 aliphatic rings. The van der Waals surface area contributed by atoms with Crippen molar-refractivity contribution in [2.24, 2.45) is 0 Å². The molecule has 0 aliphatic carbocycles. The summed E-state index contributed by atoms with van der Waals surface area (Å²) in [5, 5.41) is 7.61. The Labute approximate surface area is 179 Å². The fourth-order valence-electron chi connectivity index (χ4n) is 3.30. The Morgan fingerprint density at radius 1 is 1.10 bits per heavy atom. The molecule has 0 bridgehead atoms. The van der Waals surface area contributed by atoms with Crippen molar-refractivity contribution in [2.45, 2.75) is 31.7 Å². The minimum atomic E-state index is -3.70. The molecule has 4 aromatic rings. The molecule has 0 aliphatic heterocycles. The van der Waals surface area contributed by atoms with Crippen LogP contribution >= 0.6 is 0 Å². The predicted molar refractivity (Wildman–Crippen MR) is 115 cm³/mol. The highest BCUT2D eigenvalue weighted by atomic mass is 32.2. The van der Waals surface area contributed by atoms with Crippen LogP contribution in [0.4, 0.5) is 5.69 Å². The van der Waals surface area contributed by atoms with E-state index in [0.717, 1.165) is 16.5 Å². The first-order valence-electron chi connectivity index (χ1n) is 9.59. The number of sulfonamides is 1. The van der Waals surface area contributed by atoms with Crippen LogP contribution in [-0.4, -0.2) is 19.5 Å². The molecule has 160 valence electrons. The molecule has 2 aromatic carbocycles. The van der Waals surface area contributed by atoms with Gasteiger partial charge < -0.3 is 14.3 Å². The number of fused-ring (bicyclic) bond motifs is 1. The Morgan fingerprint density at radius 2 is 1.87 bits per heavy atom. The van der Waals surface area contributed by atoms with Gasteiger partial charge in [-0.05, 0) is 67.4 Å². The minimum absolute atomic E-state index is 0.0423. The van der Waals surface area contributed by atoms with Crippen molar-refractivity contribution in [1.82, 2.24) is 9.88 Å². The number of carbonyl (C=O) groups excluding carboxylic acids is 1. The summed E-state index contributed by atoms with van der Waals surface area (Å²) < 4.78 is 37.8. The van der Waals surface area contributed by atoms with Gasteiger partial charge in [-0.15, -0.1) is 0 Å². The topological polar surface area (TPSA) is 114 Å². The fraction of sp³-hybridized carbons (Fsp3) is 0.182. The van der Waals surface area contributed by atoms with Crippen LogP contribution in [0.25, 0.3) is 11.0 Å². The molecular weight excluding hydrogens is 418 g/mol. The molecular formula is C22H21N3O5S. The quantitative estimate of drug-likeness (QED) is 0.454. The van der Waals surface area contributed by atoms with Gasteiger partial charge in [0.25, 0.3) is 0 Å². The van der Waals surface area contributed by atoms with Gasteiger partial charge in [0.2, 0.25) is 15.9 Å². The molecule has 2 N–H and O–H groups in total. The summed E-state index contributed by atoms with van der Waals surface area (Å²) in [6.07, 6.45) is 1.52. The number of rotatable bonds is 7. The smallest absolute Gasteiger partial charge is 0.240 e. The van der Waals surface area contributed by atoms with E-state index in [4.69, 9.17) is 8.94 Å². The first-order valence-corrected chi connectivity index (χ1v) is 11.1. The van der Waals surface area contributed by atoms with Crippen LogP contribution in [0.15, 0.2) is 68.6 Å². The summed E-state index contributed by atoms with van der Waals surface area (Å²) in [7, 11) is -3.70. The van der Waals surface area contributed by atoms with Crippen LogP contribution in [-0.2, 0) is 27.8 Å². The van der Waals surface area contributed by atoms with Gasteiger partial charge >= 0.3 is 0 Å². The number of carbonyl (C=O) groups is 1. The lowest BCUT2D eigenvalue weighted by molar-refractivity contribution is -0.115. The van der Waals surface area contributed by atoms with E-state index in [1.54, 1.807) is 12.1 Å². The maximum atomic E-state index is 12.5. The first kappa shape index (κ1) is 20.8. The van der Waals surface area contributed by atoms with Gasteiger partial charge in [0.15, 0.2) is 5.58 Å². The summed E-state index contributed by atoms with van der Waals surface area (Å²) in [5.41, 5.74) is 3.74. The van der Waals surface area contributed by atoms with Crippen molar-refractivity contribution >= 4 is 32.6 Å². The van der Waals surface area contributed by atoms with E-state index in [1.165, 1.54) is 30.5 Å². The summed E-state index contributed by atoms with van der Waals surface area (Å²) in [5.74, 6) is 0.235. The normalized spacial score (nSPS) is 11.7. The number of nitrogens with zero attached hydrogens (tertiary/aromatic N) is 1. The second kappa shape index (κ2) is 8.37. The van der Waals surface area contributed by atoms with Crippen LogP contribution in [0, 0.1) is 13.8 Å². The maximum Gasteiger partial charge on any atom is 0.240 e. The molecule has 0 spiro atoms. The van der Waals surface area contributed by atoms with Crippen LogP contribution in [0.3, 0.4) is 0 Å². The van der Waals surface area contributed by atoms with Gasteiger partial charge in [0, 0.05) is 11.1 Å². The predicted octanol–water partition coefficient (Wildman–Crippen LogP) is 3.70. The lowest BCUT2D eigenvalue weighted by Gasteiger charge is -2.08. The Bertz CT molecular complexity index is 1320. The molecule has 4 rings (SSSR count). The lowest BCUT2D eigenvalue weighted by Crippen LogP contribution is -2.23. The monoisotopic (exact) mass is 439 g/mol. The third-order valence-corrected chi connectivity index (χ3v) is 6.19. The molecule has 0 atom stereocenters. The molecule has 8 nitrogen and oxygen atoms in total. The molecule has 0 unspecified atom stereocenters. The zero-order chi connectivity index (χ0) is 22.0. The zero-order valence-electron chi connectivity index (χ0n) is 17.0. The van der Waals surface area contributed by atoms with Crippen molar-refractivity contribution in [1.29, 1.82) is 0 Å². The number of nitrogens with one attached hydrogen (secondary N) is 2. The number of amides is 1. The van der Waals surface area contributed by atoms with Crippen molar-refractivity contribution < 1.29 is 22.2 Å². The number of furan rings is 1. The zero-order valence-corrected chi connectivity index (χ0v) is 17.8. The van der Waals surface area contributed by atoms with E-state index in [-0.39, 0.29) is 23.8 Å². The average Bonchev–Trinajstić information content (AvgIpc) is 3.37. The average molecular weight is 439 g/mol. The number of anilines is 1. The maximum absolute atomic E-state index is 12.5. The number of aromatic nitrogens is 1. The summed E-state index contributed by atoms with van der Waals surface area (Å²) in [6, 6.07) is 13.2. The van der Waals surface area contributed by atoms with E-state index in [9.17, 15) is 13.2 Å². The van der Waals surface area contributed by atoms with E-state index in [2.05, 4.69) is 15.2 Å². The molecule has 9 heteroatoms. The second-order valence-corrected chi connectivity index (χ2v) is 9.01. The standard InChI is InChI=1S/C22H21N3O5S/c1-14-10-15(2)22-19(11-14)20(25-30-22)12-21(26)24-16-5-7-18(8-6-16)31(27,28)23-13-17-4-3-9-29-17/h3-11,23H,12-13H2,1-2H3,(H,24,26). The minimum Gasteiger partial charge on any atom is -0.468 e. The second-order valence-electron chi connectivity index (χ2n) is 7.24. The first-order chi connectivity index (χ1) is 14.8.